The topological polar surface area (TPSA) is 9.23 Å². The Balaban J connectivity index is 1.78. The molecule has 1 aromatic carbocycles. The Morgan fingerprint density at radius 1 is 1.20 bits per heavy atom. The molecule has 2 unspecified atom stereocenters. The smallest absolute Gasteiger partial charge is 0.184 e. The van der Waals surface area contributed by atoms with Crippen molar-refractivity contribution in [2.24, 2.45) is 5.92 Å². The molecule has 1 nitrogen and oxygen atoms in total. The van der Waals surface area contributed by atoms with Gasteiger partial charge in [-0.25, -0.2) is 0 Å². The minimum atomic E-state index is -1.46. The third-order valence-electron chi connectivity index (χ3n) is 4.37. The van der Waals surface area contributed by atoms with Crippen molar-refractivity contribution in [3.63, 3.8) is 0 Å². The van der Waals surface area contributed by atoms with E-state index in [1.54, 1.807) is 5.57 Å². The zero-order valence-electron chi connectivity index (χ0n) is 13.0. The predicted octanol–water partition coefficient (Wildman–Crippen LogP) is 4.95. The Kier molecular flexibility index (Phi) is 3.63. The standard InChI is InChI=1S/C18H26OSi/c1-20(2,3)19-18-13-16(10-7-11-17(18)14-18)12-15-8-5-4-6-9-15/h4-6,8-9,13,17H,7,10-12,14H2,1-3H3. The van der Waals surface area contributed by atoms with Crippen LogP contribution in [0.4, 0.5) is 0 Å². The van der Waals surface area contributed by atoms with Crippen LogP contribution in [0.1, 0.15) is 31.2 Å². The molecule has 1 fully saturated rings. The van der Waals surface area contributed by atoms with E-state index in [2.05, 4.69) is 56.0 Å². The molecule has 0 heterocycles. The first kappa shape index (κ1) is 14.1. The quantitative estimate of drug-likeness (QED) is 0.562. The van der Waals surface area contributed by atoms with Gasteiger partial charge in [-0.05, 0) is 63.2 Å². The molecule has 0 radical (unpaired) electrons. The van der Waals surface area contributed by atoms with Crippen molar-refractivity contribution in [2.75, 3.05) is 0 Å². The van der Waals surface area contributed by atoms with E-state index in [0.29, 0.717) is 0 Å². The molecule has 0 N–H and O–H groups in total. The average molecular weight is 286 g/mol. The molecule has 1 saturated carbocycles. The zero-order valence-corrected chi connectivity index (χ0v) is 14.0. The highest BCUT2D eigenvalue weighted by atomic mass is 28.4. The molecule has 2 aliphatic carbocycles. The minimum Gasteiger partial charge on any atom is -0.408 e. The molecule has 0 aromatic heterocycles. The fourth-order valence-electron chi connectivity index (χ4n) is 3.56. The van der Waals surface area contributed by atoms with Gasteiger partial charge < -0.3 is 4.43 Å². The highest BCUT2D eigenvalue weighted by Crippen LogP contribution is 2.54. The van der Waals surface area contributed by atoms with E-state index in [4.69, 9.17) is 4.43 Å². The molecule has 108 valence electrons. The largest absolute Gasteiger partial charge is 0.408 e. The summed E-state index contributed by atoms with van der Waals surface area (Å²) in [5, 5.41) is 0. The van der Waals surface area contributed by atoms with Crippen LogP contribution >= 0.6 is 0 Å². The third kappa shape index (κ3) is 3.24. The summed E-state index contributed by atoms with van der Waals surface area (Å²) in [4.78, 5) is 0. The van der Waals surface area contributed by atoms with E-state index < -0.39 is 8.32 Å². The van der Waals surface area contributed by atoms with Crippen LogP contribution in [0.15, 0.2) is 42.0 Å². The van der Waals surface area contributed by atoms with Gasteiger partial charge in [0.1, 0.15) is 0 Å². The summed E-state index contributed by atoms with van der Waals surface area (Å²) in [5.41, 5.74) is 3.14. The number of fused-ring (bicyclic) bond motifs is 1. The first-order valence-electron chi connectivity index (χ1n) is 7.92. The number of rotatable bonds is 4. The third-order valence-corrected chi connectivity index (χ3v) is 5.36. The van der Waals surface area contributed by atoms with Gasteiger partial charge in [-0.1, -0.05) is 42.0 Å². The van der Waals surface area contributed by atoms with Gasteiger partial charge in [0.05, 0.1) is 5.60 Å². The van der Waals surface area contributed by atoms with Crippen LogP contribution in [0.3, 0.4) is 0 Å². The number of hydrogen-bond acceptors (Lipinski definition) is 1. The molecule has 1 aromatic rings. The SMILES string of the molecule is C[Si](C)(C)OC12C=C(Cc3ccccc3)CCCC1C2. The van der Waals surface area contributed by atoms with Crippen LogP contribution < -0.4 is 0 Å². The van der Waals surface area contributed by atoms with E-state index in [9.17, 15) is 0 Å². The summed E-state index contributed by atoms with van der Waals surface area (Å²) in [5.74, 6) is 0.794. The second-order valence-electron chi connectivity index (χ2n) is 7.43. The van der Waals surface area contributed by atoms with Crippen LogP contribution in [-0.2, 0) is 10.8 Å². The Hall–Kier alpha value is -0.863. The van der Waals surface area contributed by atoms with Crippen molar-refractivity contribution >= 4 is 8.32 Å². The minimum absolute atomic E-state index is 0.116. The van der Waals surface area contributed by atoms with Gasteiger partial charge >= 0.3 is 0 Å². The zero-order chi connectivity index (χ0) is 14.2. The Morgan fingerprint density at radius 3 is 2.65 bits per heavy atom. The van der Waals surface area contributed by atoms with Crippen LogP contribution in [0, 0.1) is 5.92 Å². The molecule has 2 heteroatoms. The molecule has 2 aliphatic rings. The number of allylic oxidation sites excluding steroid dienone is 1. The summed E-state index contributed by atoms with van der Waals surface area (Å²) < 4.78 is 6.55. The first-order chi connectivity index (χ1) is 9.47. The number of hydrogen-bond donors (Lipinski definition) is 0. The Bertz CT molecular complexity index is 500. The fourth-order valence-corrected chi connectivity index (χ4v) is 5.01. The van der Waals surface area contributed by atoms with Crippen molar-refractivity contribution < 1.29 is 4.43 Å². The maximum absolute atomic E-state index is 6.55. The van der Waals surface area contributed by atoms with Crippen LogP contribution in [0.5, 0.6) is 0 Å². The molecule has 0 saturated heterocycles. The molecule has 2 atom stereocenters. The lowest BCUT2D eigenvalue weighted by Crippen LogP contribution is -2.33. The Labute approximate surface area is 124 Å². The second-order valence-corrected chi connectivity index (χ2v) is 11.9. The van der Waals surface area contributed by atoms with Crippen LogP contribution in [0.25, 0.3) is 0 Å². The molecular weight excluding hydrogens is 260 g/mol. The van der Waals surface area contributed by atoms with E-state index >= 15 is 0 Å². The first-order valence-corrected chi connectivity index (χ1v) is 11.3. The van der Waals surface area contributed by atoms with E-state index in [1.807, 2.05) is 0 Å². The summed E-state index contributed by atoms with van der Waals surface area (Å²) in [6.07, 6.45) is 8.80. The van der Waals surface area contributed by atoms with E-state index in [-0.39, 0.29) is 5.60 Å². The van der Waals surface area contributed by atoms with Gasteiger partial charge in [0.2, 0.25) is 0 Å². The maximum Gasteiger partial charge on any atom is 0.184 e. The monoisotopic (exact) mass is 286 g/mol. The number of benzene rings is 1. The lowest BCUT2D eigenvalue weighted by molar-refractivity contribution is 0.201. The van der Waals surface area contributed by atoms with Gasteiger partial charge in [0.25, 0.3) is 0 Å². The van der Waals surface area contributed by atoms with Crippen molar-refractivity contribution in [1.82, 2.24) is 0 Å². The lowest BCUT2D eigenvalue weighted by atomic mass is 10.00. The van der Waals surface area contributed by atoms with Crippen LogP contribution in [0.2, 0.25) is 19.6 Å². The molecule has 0 aliphatic heterocycles. The predicted molar refractivity (Wildman–Crippen MR) is 87.3 cm³/mol. The Morgan fingerprint density at radius 2 is 1.95 bits per heavy atom. The summed E-state index contributed by atoms with van der Waals surface area (Å²) in [6, 6.07) is 10.9. The second kappa shape index (κ2) is 5.16. The average Bonchev–Trinajstić information content (AvgIpc) is 3.01. The normalized spacial score (nSPS) is 29.4. The van der Waals surface area contributed by atoms with Gasteiger partial charge in [-0.15, -0.1) is 0 Å². The van der Waals surface area contributed by atoms with Gasteiger partial charge in [0.15, 0.2) is 8.32 Å². The van der Waals surface area contributed by atoms with Gasteiger partial charge in [0, 0.05) is 0 Å². The lowest BCUT2D eigenvalue weighted by Gasteiger charge is -2.25. The van der Waals surface area contributed by atoms with E-state index in [1.165, 1.54) is 31.2 Å². The summed E-state index contributed by atoms with van der Waals surface area (Å²) in [7, 11) is -1.46. The molecular formula is C18H26OSi. The summed E-state index contributed by atoms with van der Waals surface area (Å²) >= 11 is 0. The molecule has 0 spiro atoms. The highest BCUT2D eigenvalue weighted by molar-refractivity contribution is 6.69. The van der Waals surface area contributed by atoms with Crippen molar-refractivity contribution in [1.29, 1.82) is 0 Å². The van der Waals surface area contributed by atoms with Gasteiger partial charge in [-0.3, -0.25) is 0 Å². The van der Waals surface area contributed by atoms with E-state index in [0.717, 1.165) is 12.3 Å². The van der Waals surface area contributed by atoms with Crippen LogP contribution in [-0.4, -0.2) is 13.9 Å². The molecule has 0 amide bonds. The molecule has 20 heavy (non-hydrogen) atoms. The van der Waals surface area contributed by atoms with Crippen molar-refractivity contribution in [2.45, 2.75) is 57.3 Å². The highest BCUT2D eigenvalue weighted by Gasteiger charge is 2.55. The maximum atomic E-state index is 6.55. The summed E-state index contributed by atoms with van der Waals surface area (Å²) in [6.45, 7) is 6.94. The van der Waals surface area contributed by atoms with Gasteiger partial charge in [-0.2, -0.15) is 0 Å². The van der Waals surface area contributed by atoms with Crippen molar-refractivity contribution in [3.05, 3.63) is 47.5 Å². The molecule has 0 bridgehead atoms. The fraction of sp³-hybridized carbons (Fsp3) is 0.556. The van der Waals surface area contributed by atoms with Crippen molar-refractivity contribution in [3.8, 4) is 0 Å². The molecule has 3 rings (SSSR count).